The van der Waals surface area contributed by atoms with E-state index in [9.17, 15) is 4.79 Å². The molecule has 0 bridgehead atoms. The van der Waals surface area contributed by atoms with Crippen molar-refractivity contribution in [3.8, 4) is 5.75 Å². The van der Waals surface area contributed by atoms with Crippen LogP contribution in [0.3, 0.4) is 0 Å². The molecule has 1 amide bonds. The van der Waals surface area contributed by atoms with Gasteiger partial charge in [0.15, 0.2) is 6.10 Å². The fraction of sp³-hybridized carbons (Fsp3) is 0.500. The maximum absolute atomic E-state index is 11.4. The molecule has 1 aromatic carbocycles. The summed E-state index contributed by atoms with van der Waals surface area (Å²) >= 11 is 0. The summed E-state index contributed by atoms with van der Waals surface area (Å²) in [6.45, 7) is 7.71. The van der Waals surface area contributed by atoms with E-state index in [1.807, 2.05) is 32.9 Å². The van der Waals surface area contributed by atoms with Gasteiger partial charge in [-0.25, -0.2) is 4.79 Å². The Labute approximate surface area is 107 Å². The molecule has 2 rings (SSSR count). The van der Waals surface area contributed by atoms with Gasteiger partial charge in [-0.05, 0) is 44.0 Å². The van der Waals surface area contributed by atoms with Crippen LogP contribution in [0.25, 0.3) is 0 Å². The SMILES string of the molecule is CCN1CC(COc2cc(C)cc(C)c2)OC1=O. The number of cyclic esters (lactones) is 1. The number of nitrogens with zero attached hydrogens (tertiary/aromatic N) is 1. The molecule has 1 heterocycles. The fourth-order valence-electron chi connectivity index (χ4n) is 2.13. The molecule has 1 aromatic rings. The summed E-state index contributed by atoms with van der Waals surface area (Å²) in [5, 5.41) is 0. The smallest absolute Gasteiger partial charge is 0.410 e. The van der Waals surface area contributed by atoms with Gasteiger partial charge in [0.05, 0.1) is 6.54 Å². The van der Waals surface area contributed by atoms with Gasteiger partial charge in [-0.15, -0.1) is 0 Å². The highest BCUT2D eigenvalue weighted by Gasteiger charge is 2.30. The molecule has 0 aromatic heterocycles. The second-order valence-electron chi connectivity index (χ2n) is 4.68. The third-order valence-corrected chi connectivity index (χ3v) is 2.96. The molecular formula is C14H19NO3. The number of benzene rings is 1. The van der Waals surface area contributed by atoms with Crippen molar-refractivity contribution < 1.29 is 14.3 Å². The highest BCUT2D eigenvalue weighted by atomic mass is 16.6. The van der Waals surface area contributed by atoms with Crippen LogP contribution in [0.5, 0.6) is 5.75 Å². The zero-order valence-corrected chi connectivity index (χ0v) is 11.1. The molecule has 1 aliphatic rings. The molecule has 1 aliphatic heterocycles. The van der Waals surface area contributed by atoms with Gasteiger partial charge in [-0.2, -0.15) is 0 Å². The van der Waals surface area contributed by atoms with E-state index in [0.717, 1.165) is 5.75 Å². The molecule has 1 unspecified atom stereocenters. The molecule has 0 radical (unpaired) electrons. The van der Waals surface area contributed by atoms with Crippen molar-refractivity contribution in [3.63, 3.8) is 0 Å². The van der Waals surface area contributed by atoms with Crippen LogP contribution in [0.1, 0.15) is 18.1 Å². The Bertz CT molecular complexity index is 424. The van der Waals surface area contributed by atoms with Crippen molar-refractivity contribution in [1.29, 1.82) is 0 Å². The van der Waals surface area contributed by atoms with E-state index in [1.165, 1.54) is 11.1 Å². The predicted molar refractivity (Wildman–Crippen MR) is 68.9 cm³/mol. The topological polar surface area (TPSA) is 38.8 Å². The van der Waals surface area contributed by atoms with Crippen molar-refractivity contribution in [3.05, 3.63) is 29.3 Å². The van der Waals surface area contributed by atoms with E-state index >= 15 is 0 Å². The van der Waals surface area contributed by atoms with Crippen LogP contribution in [-0.2, 0) is 4.74 Å². The Morgan fingerprint density at radius 2 is 2.00 bits per heavy atom. The first-order chi connectivity index (χ1) is 8.58. The Morgan fingerprint density at radius 1 is 1.33 bits per heavy atom. The minimum absolute atomic E-state index is 0.168. The van der Waals surface area contributed by atoms with E-state index in [2.05, 4.69) is 6.07 Å². The maximum Gasteiger partial charge on any atom is 0.410 e. The number of hydrogen-bond acceptors (Lipinski definition) is 3. The minimum atomic E-state index is -0.244. The van der Waals surface area contributed by atoms with Crippen LogP contribution in [-0.4, -0.2) is 36.8 Å². The number of likely N-dealkylation sites (N-methyl/N-ethyl adjacent to an activating group) is 1. The minimum Gasteiger partial charge on any atom is -0.490 e. The number of carbonyl (C=O) groups is 1. The molecule has 4 nitrogen and oxygen atoms in total. The summed E-state index contributed by atoms with van der Waals surface area (Å²) in [7, 11) is 0. The lowest BCUT2D eigenvalue weighted by atomic mass is 10.1. The molecule has 1 atom stereocenters. The van der Waals surface area contributed by atoms with E-state index < -0.39 is 0 Å². The Kier molecular flexibility index (Phi) is 3.75. The summed E-state index contributed by atoms with van der Waals surface area (Å²) in [6, 6.07) is 6.07. The fourth-order valence-corrected chi connectivity index (χ4v) is 2.13. The van der Waals surface area contributed by atoms with E-state index in [4.69, 9.17) is 9.47 Å². The molecule has 0 N–H and O–H groups in total. The Hall–Kier alpha value is -1.71. The molecule has 1 fully saturated rings. The summed E-state index contributed by atoms with van der Waals surface area (Å²) < 4.78 is 10.9. The number of carbonyl (C=O) groups excluding carboxylic acids is 1. The van der Waals surface area contributed by atoms with Gasteiger partial charge < -0.3 is 14.4 Å². The largest absolute Gasteiger partial charge is 0.490 e. The summed E-state index contributed by atoms with van der Waals surface area (Å²) in [5.74, 6) is 0.832. The van der Waals surface area contributed by atoms with Crippen molar-refractivity contribution in [2.45, 2.75) is 26.9 Å². The van der Waals surface area contributed by atoms with Crippen LogP contribution in [0.4, 0.5) is 4.79 Å². The molecular weight excluding hydrogens is 230 g/mol. The first-order valence-electron chi connectivity index (χ1n) is 6.25. The van der Waals surface area contributed by atoms with Gasteiger partial charge in [0.2, 0.25) is 0 Å². The van der Waals surface area contributed by atoms with Crippen LogP contribution in [0.15, 0.2) is 18.2 Å². The average Bonchev–Trinajstić information content (AvgIpc) is 2.66. The van der Waals surface area contributed by atoms with Gasteiger partial charge in [0.1, 0.15) is 12.4 Å². The van der Waals surface area contributed by atoms with Gasteiger partial charge in [0, 0.05) is 6.54 Å². The molecule has 0 spiro atoms. The van der Waals surface area contributed by atoms with Crippen LogP contribution < -0.4 is 4.74 Å². The third-order valence-electron chi connectivity index (χ3n) is 2.96. The quantitative estimate of drug-likeness (QED) is 0.823. The third kappa shape index (κ3) is 2.94. The lowest BCUT2D eigenvalue weighted by molar-refractivity contribution is 0.103. The van der Waals surface area contributed by atoms with E-state index in [1.54, 1.807) is 4.90 Å². The normalized spacial score (nSPS) is 18.9. The lowest BCUT2D eigenvalue weighted by Gasteiger charge is -2.12. The lowest BCUT2D eigenvalue weighted by Crippen LogP contribution is -2.26. The van der Waals surface area contributed by atoms with Gasteiger partial charge in [0.25, 0.3) is 0 Å². The number of ether oxygens (including phenoxy) is 2. The monoisotopic (exact) mass is 249 g/mol. The van der Waals surface area contributed by atoms with Crippen LogP contribution in [0.2, 0.25) is 0 Å². The number of aryl methyl sites for hydroxylation is 2. The maximum atomic E-state index is 11.4. The van der Waals surface area contributed by atoms with Crippen molar-refractivity contribution in [2.24, 2.45) is 0 Å². The van der Waals surface area contributed by atoms with Crippen molar-refractivity contribution >= 4 is 6.09 Å². The molecule has 1 saturated heterocycles. The average molecular weight is 249 g/mol. The van der Waals surface area contributed by atoms with Crippen molar-refractivity contribution in [2.75, 3.05) is 19.7 Å². The van der Waals surface area contributed by atoms with Gasteiger partial charge >= 0.3 is 6.09 Å². The second kappa shape index (κ2) is 5.29. The van der Waals surface area contributed by atoms with E-state index in [0.29, 0.717) is 19.7 Å². The van der Waals surface area contributed by atoms with Gasteiger partial charge in [-0.3, -0.25) is 0 Å². The molecule has 4 heteroatoms. The molecule has 98 valence electrons. The zero-order chi connectivity index (χ0) is 13.1. The molecule has 0 saturated carbocycles. The second-order valence-corrected chi connectivity index (χ2v) is 4.68. The zero-order valence-electron chi connectivity index (χ0n) is 11.1. The highest BCUT2D eigenvalue weighted by molar-refractivity contribution is 5.69. The first kappa shape index (κ1) is 12.7. The van der Waals surface area contributed by atoms with Gasteiger partial charge in [-0.1, -0.05) is 6.07 Å². The Balaban J connectivity index is 1.90. The van der Waals surface area contributed by atoms with E-state index in [-0.39, 0.29) is 12.2 Å². The summed E-state index contributed by atoms with van der Waals surface area (Å²) in [4.78, 5) is 13.1. The summed E-state index contributed by atoms with van der Waals surface area (Å²) in [5.41, 5.74) is 2.34. The van der Waals surface area contributed by atoms with Crippen LogP contribution in [0, 0.1) is 13.8 Å². The molecule has 0 aliphatic carbocycles. The number of amides is 1. The predicted octanol–water partition coefficient (Wildman–Crippen LogP) is 2.52. The standard InChI is InChI=1S/C14H19NO3/c1-4-15-8-13(18-14(15)16)9-17-12-6-10(2)5-11(3)7-12/h5-7,13H,4,8-9H2,1-3H3. The summed E-state index contributed by atoms with van der Waals surface area (Å²) in [6.07, 6.45) is -0.412. The van der Waals surface area contributed by atoms with Crippen LogP contribution >= 0.6 is 0 Å². The van der Waals surface area contributed by atoms with Crippen molar-refractivity contribution in [1.82, 2.24) is 4.90 Å². The number of rotatable bonds is 4. The highest BCUT2D eigenvalue weighted by Crippen LogP contribution is 2.18. The Morgan fingerprint density at radius 3 is 2.56 bits per heavy atom. The number of hydrogen-bond donors (Lipinski definition) is 0. The molecule has 18 heavy (non-hydrogen) atoms. The first-order valence-corrected chi connectivity index (χ1v) is 6.25.